The van der Waals surface area contributed by atoms with E-state index >= 15 is 0 Å². The smallest absolute Gasteiger partial charge is 0.364 e. The number of hydrogen-bond donors (Lipinski definition) is 1. The van der Waals surface area contributed by atoms with Crippen LogP contribution < -0.4 is 9.47 Å². The first-order chi connectivity index (χ1) is 16.6. The molecule has 2 aliphatic carbocycles. The van der Waals surface area contributed by atoms with Crippen LogP contribution in [-0.4, -0.2) is 24.1 Å². The molecule has 0 aromatic heterocycles. The zero-order valence-electron chi connectivity index (χ0n) is 22.3. The predicted molar refractivity (Wildman–Crippen MR) is 138 cm³/mol. The van der Waals surface area contributed by atoms with Crippen LogP contribution in [0.2, 0.25) is 0 Å². The fourth-order valence-corrected chi connectivity index (χ4v) is 8.38. The summed E-state index contributed by atoms with van der Waals surface area (Å²) in [5.41, 5.74) is 0.415. The van der Waals surface area contributed by atoms with Gasteiger partial charge in [-0.2, -0.15) is 0 Å². The second-order valence-electron chi connectivity index (χ2n) is 11.9. The topological polar surface area (TPSA) is 74.2 Å². The molecule has 7 atom stereocenters. The summed E-state index contributed by atoms with van der Waals surface area (Å²) in [6.45, 7) is 13.3. The lowest BCUT2D eigenvalue weighted by molar-refractivity contribution is -0.0155. The molecule has 198 valence electrons. The second-order valence-corrected chi connectivity index (χ2v) is 13.9. The quantitative estimate of drug-likeness (QED) is 0.365. The molecule has 1 heterocycles. The van der Waals surface area contributed by atoms with Gasteiger partial charge in [-0.1, -0.05) is 66.5 Å². The summed E-state index contributed by atoms with van der Waals surface area (Å²) in [7, 11) is -3.99. The van der Waals surface area contributed by atoms with Crippen LogP contribution in [0.25, 0.3) is 0 Å². The summed E-state index contributed by atoms with van der Waals surface area (Å²) >= 11 is 0. The highest BCUT2D eigenvalue weighted by atomic mass is 31.2. The van der Waals surface area contributed by atoms with Crippen molar-refractivity contribution in [1.29, 1.82) is 0 Å². The summed E-state index contributed by atoms with van der Waals surface area (Å²) in [6.07, 6.45) is 5.57. The first-order valence-corrected chi connectivity index (χ1v) is 15.2. The summed E-state index contributed by atoms with van der Waals surface area (Å²) in [4.78, 5) is 0. The molecule has 0 radical (unpaired) electrons. The van der Waals surface area contributed by atoms with Gasteiger partial charge >= 0.3 is 7.60 Å². The average Bonchev–Trinajstić information content (AvgIpc) is 3.27. The minimum atomic E-state index is -3.99. The Bertz CT molecular complexity index is 863. The highest BCUT2D eigenvalue weighted by Gasteiger charge is 2.47. The third kappa shape index (κ3) is 5.92. The molecular weight excluding hydrogens is 463 g/mol. The van der Waals surface area contributed by atoms with E-state index in [0.29, 0.717) is 40.7 Å². The third-order valence-electron chi connectivity index (χ3n) is 8.49. The zero-order chi connectivity index (χ0) is 25.3. The van der Waals surface area contributed by atoms with Gasteiger partial charge in [0.05, 0.1) is 12.2 Å². The van der Waals surface area contributed by atoms with E-state index in [1.54, 1.807) is 18.2 Å². The summed E-state index contributed by atoms with van der Waals surface area (Å²) < 4.78 is 39.1. The lowest BCUT2D eigenvalue weighted by Crippen LogP contribution is -2.37. The van der Waals surface area contributed by atoms with Crippen molar-refractivity contribution in [3.8, 4) is 11.5 Å². The normalized spacial score (nSPS) is 32.3. The first kappa shape index (κ1) is 27.0. The fourth-order valence-electron chi connectivity index (χ4n) is 6.32. The standard InChI is InChI=1S/C28H45O6P/c1-17(2)21-12-10-19(5)14-25(21)33-35(30,34-26-15-20(6)11-13-22(26)18(3)4)28(29)23-8-7-9-24-27(23)32-16-31-24/h7-9,17-22,25-26,28-29H,10-16H2,1-6H3/t19-,20-,21+,22+,25-,26-,28+/m1/s1. The number of rotatable bonds is 8. The van der Waals surface area contributed by atoms with Crippen molar-refractivity contribution in [2.45, 2.75) is 98.1 Å². The van der Waals surface area contributed by atoms with Crippen molar-refractivity contribution in [3.05, 3.63) is 23.8 Å². The van der Waals surface area contributed by atoms with E-state index in [4.69, 9.17) is 18.5 Å². The predicted octanol–water partition coefficient (Wildman–Crippen LogP) is 7.55. The monoisotopic (exact) mass is 508 g/mol. The van der Waals surface area contributed by atoms with E-state index in [0.717, 1.165) is 38.5 Å². The van der Waals surface area contributed by atoms with Gasteiger partial charge in [0.25, 0.3) is 0 Å². The summed E-state index contributed by atoms with van der Waals surface area (Å²) in [5, 5.41) is 11.7. The van der Waals surface area contributed by atoms with Crippen LogP contribution in [0.1, 0.15) is 91.5 Å². The van der Waals surface area contributed by atoms with Crippen LogP contribution in [0.15, 0.2) is 18.2 Å². The molecule has 35 heavy (non-hydrogen) atoms. The van der Waals surface area contributed by atoms with Crippen LogP contribution >= 0.6 is 7.60 Å². The molecule has 1 aromatic carbocycles. The Hall–Kier alpha value is -1.07. The van der Waals surface area contributed by atoms with Crippen molar-refractivity contribution < 1.29 is 28.2 Å². The molecule has 6 nitrogen and oxygen atoms in total. The Morgan fingerprint density at radius 2 is 1.43 bits per heavy atom. The van der Waals surface area contributed by atoms with Crippen molar-refractivity contribution in [2.75, 3.05) is 6.79 Å². The van der Waals surface area contributed by atoms with E-state index in [9.17, 15) is 9.67 Å². The number of aliphatic hydroxyl groups excluding tert-OH is 1. The summed E-state index contributed by atoms with van der Waals surface area (Å²) in [5.74, 6) is 1.86. The molecule has 0 amide bonds. The van der Waals surface area contributed by atoms with Gasteiger partial charge < -0.3 is 23.6 Å². The molecule has 0 bridgehead atoms. The average molecular weight is 509 g/mol. The molecule has 0 spiro atoms. The highest BCUT2D eigenvalue weighted by molar-refractivity contribution is 7.54. The van der Waals surface area contributed by atoms with Gasteiger partial charge in [-0.05, 0) is 67.3 Å². The van der Waals surface area contributed by atoms with Crippen LogP contribution in [0.5, 0.6) is 11.5 Å². The molecule has 2 saturated carbocycles. The van der Waals surface area contributed by atoms with E-state index in [1.165, 1.54) is 0 Å². The van der Waals surface area contributed by atoms with Crippen LogP contribution in [0.3, 0.4) is 0 Å². The number of fused-ring (bicyclic) bond motifs is 1. The van der Waals surface area contributed by atoms with Gasteiger partial charge in [-0.15, -0.1) is 0 Å². The van der Waals surface area contributed by atoms with Gasteiger partial charge in [0.2, 0.25) is 6.79 Å². The number of hydrogen-bond acceptors (Lipinski definition) is 6. The maximum atomic E-state index is 14.8. The number of benzene rings is 1. The largest absolute Gasteiger partial charge is 0.454 e. The lowest BCUT2D eigenvalue weighted by atomic mass is 9.75. The molecule has 2 fully saturated rings. The molecule has 0 saturated heterocycles. The second kappa shape index (κ2) is 11.1. The summed E-state index contributed by atoms with van der Waals surface area (Å²) in [6, 6.07) is 5.32. The maximum absolute atomic E-state index is 14.8. The minimum absolute atomic E-state index is 0.0796. The first-order valence-electron chi connectivity index (χ1n) is 13.6. The van der Waals surface area contributed by atoms with Crippen molar-refractivity contribution in [1.82, 2.24) is 0 Å². The lowest BCUT2D eigenvalue weighted by Gasteiger charge is -2.42. The number of ether oxygens (including phenoxy) is 2. The molecule has 1 aromatic rings. The molecule has 1 aliphatic heterocycles. The van der Waals surface area contributed by atoms with Gasteiger partial charge in [-0.25, -0.2) is 0 Å². The van der Waals surface area contributed by atoms with Crippen LogP contribution in [-0.2, 0) is 13.6 Å². The Balaban J connectivity index is 1.69. The SMILES string of the molecule is CC(C)[C@@H]1CC[C@@H](C)C[C@H]1OP(=O)(O[C@@H]1C[C@H](C)CC[C@H]1C(C)C)[C@H](O)c1cccc2c1OCO2. The van der Waals surface area contributed by atoms with Gasteiger partial charge in [-0.3, -0.25) is 4.57 Å². The highest BCUT2D eigenvalue weighted by Crippen LogP contribution is 2.65. The fraction of sp³-hybridized carbons (Fsp3) is 0.786. The van der Waals surface area contributed by atoms with Crippen molar-refractivity contribution in [3.63, 3.8) is 0 Å². The number of aliphatic hydroxyl groups is 1. The van der Waals surface area contributed by atoms with Gasteiger partial charge in [0, 0.05) is 5.56 Å². The van der Waals surface area contributed by atoms with Crippen molar-refractivity contribution in [2.24, 2.45) is 35.5 Å². The van der Waals surface area contributed by atoms with Crippen molar-refractivity contribution >= 4 is 7.60 Å². The van der Waals surface area contributed by atoms with E-state index in [1.807, 2.05) is 0 Å². The van der Waals surface area contributed by atoms with Crippen LogP contribution in [0, 0.1) is 35.5 Å². The zero-order valence-corrected chi connectivity index (χ0v) is 23.2. The molecule has 0 unspecified atom stereocenters. The third-order valence-corrected chi connectivity index (χ3v) is 10.5. The maximum Gasteiger partial charge on any atom is 0.364 e. The molecular formula is C28H45O6P. The molecule has 4 rings (SSSR count). The Labute approximate surface area is 211 Å². The minimum Gasteiger partial charge on any atom is -0.454 e. The van der Waals surface area contributed by atoms with E-state index in [2.05, 4.69) is 41.5 Å². The molecule has 3 aliphatic rings. The van der Waals surface area contributed by atoms with E-state index < -0.39 is 13.4 Å². The Morgan fingerprint density at radius 1 is 0.886 bits per heavy atom. The Morgan fingerprint density at radius 3 is 1.94 bits per heavy atom. The van der Waals surface area contributed by atoms with Crippen LogP contribution in [0.4, 0.5) is 0 Å². The van der Waals surface area contributed by atoms with Gasteiger partial charge in [0.15, 0.2) is 17.3 Å². The molecule has 1 N–H and O–H groups in total. The number of para-hydroxylation sites is 1. The molecule has 7 heteroatoms. The van der Waals surface area contributed by atoms with Gasteiger partial charge in [0.1, 0.15) is 0 Å². The Kier molecular flexibility index (Phi) is 8.58. The van der Waals surface area contributed by atoms with E-state index in [-0.39, 0.29) is 30.8 Å².